The molecule has 4 aromatic rings. The quantitative estimate of drug-likeness (QED) is 0.219. The fourth-order valence-electron chi connectivity index (χ4n) is 11.3. The zero-order valence-electron chi connectivity index (χ0n) is 35.1. The molecule has 4 amide bonds. The third-order valence-corrected chi connectivity index (χ3v) is 14.6. The minimum atomic E-state index is -1.24. The lowest BCUT2D eigenvalue weighted by molar-refractivity contribution is -0.139. The van der Waals surface area contributed by atoms with Crippen LogP contribution in [-0.4, -0.2) is 118 Å². The number of benzene rings is 2. The molecule has 4 fully saturated rings. The predicted octanol–water partition coefficient (Wildman–Crippen LogP) is 3.43. The normalized spacial score (nSPS) is 26.9. The molecule has 10 rings (SSSR count). The van der Waals surface area contributed by atoms with Crippen molar-refractivity contribution in [1.29, 1.82) is 5.26 Å². The third-order valence-electron chi connectivity index (χ3n) is 14.6. The summed E-state index contributed by atoms with van der Waals surface area (Å²) >= 11 is 0. The molecule has 6 aliphatic rings. The van der Waals surface area contributed by atoms with E-state index >= 15 is 0 Å². The van der Waals surface area contributed by atoms with E-state index in [-0.39, 0.29) is 47.9 Å². The first-order chi connectivity index (χ1) is 29.9. The highest BCUT2D eigenvalue weighted by atomic mass is 16.5. The third kappa shape index (κ3) is 6.35. The maximum atomic E-state index is 13.7. The van der Waals surface area contributed by atoms with Gasteiger partial charge in [-0.05, 0) is 99.2 Å². The van der Waals surface area contributed by atoms with Gasteiger partial charge in [-0.15, -0.1) is 10.2 Å². The number of nitrogens with zero attached hydrogens (tertiary/aromatic N) is 8. The summed E-state index contributed by atoms with van der Waals surface area (Å²) in [6.07, 6.45) is 3.84. The summed E-state index contributed by atoms with van der Waals surface area (Å²) < 4.78 is 6.56. The average molecular weight is 839 g/mol. The van der Waals surface area contributed by atoms with Crippen LogP contribution >= 0.6 is 0 Å². The summed E-state index contributed by atoms with van der Waals surface area (Å²) in [5.41, 5.74) is 3.27. The van der Waals surface area contributed by atoms with Crippen LogP contribution in [0.1, 0.15) is 96.6 Å². The summed E-state index contributed by atoms with van der Waals surface area (Å²) in [4.78, 5) is 63.8. The van der Waals surface area contributed by atoms with Gasteiger partial charge in [-0.3, -0.25) is 39.3 Å². The number of anilines is 2. The molecule has 62 heavy (non-hydrogen) atoms. The lowest BCUT2D eigenvalue weighted by Crippen LogP contribution is -2.78. The highest BCUT2D eigenvalue weighted by Crippen LogP contribution is 2.61. The largest absolute Gasteiger partial charge is 0.488 e. The Morgan fingerprint density at radius 1 is 0.968 bits per heavy atom. The lowest BCUT2D eigenvalue weighted by atomic mass is 9.45. The van der Waals surface area contributed by atoms with Crippen molar-refractivity contribution in [3.63, 3.8) is 0 Å². The molecule has 4 unspecified atom stereocenters. The number of amides is 4. The first kappa shape index (κ1) is 39.9. The summed E-state index contributed by atoms with van der Waals surface area (Å²) in [6.45, 7) is 12.5. The van der Waals surface area contributed by atoms with E-state index in [9.17, 15) is 29.5 Å². The van der Waals surface area contributed by atoms with Gasteiger partial charge in [0.25, 0.3) is 11.8 Å². The molecule has 16 heteroatoms. The average Bonchev–Trinajstić information content (AvgIpc) is 3.53. The van der Waals surface area contributed by atoms with Crippen LogP contribution in [0.2, 0.25) is 0 Å². The molecule has 2 aromatic heterocycles. The Hall–Kier alpha value is -6.18. The van der Waals surface area contributed by atoms with Crippen LogP contribution in [0.25, 0.3) is 10.9 Å². The number of carbonyl (C=O) groups is 4. The van der Waals surface area contributed by atoms with Gasteiger partial charge in [-0.25, -0.2) is 0 Å². The minimum Gasteiger partial charge on any atom is -0.488 e. The number of piperazine rings is 1. The SMILES string of the molecule is CC1(C)C(NC(=O)c2ccc(N3CCC(CCN4CCN(c5ccc6c(c5)C(O)N(C5CCC(=O)NC5=O)C6=O)CC4)CC3)nn2)C2(C)c3ccnc4c(C#N)ccc(c34)O[C@@H]12. The van der Waals surface area contributed by atoms with Gasteiger partial charge in [-0.1, -0.05) is 13.8 Å². The highest BCUT2D eigenvalue weighted by molar-refractivity contribution is 6.06. The molecule has 5 aliphatic heterocycles. The number of imide groups is 1. The van der Waals surface area contributed by atoms with Crippen molar-refractivity contribution in [2.24, 2.45) is 11.3 Å². The Kier molecular flexibility index (Phi) is 9.67. The number of hydrogen-bond acceptors (Lipinski definition) is 13. The number of nitriles is 1. The Labute approximate surface area is 359 Å². The van der Waals surface area contributed by atoms with Crippen molar-refractivity contribution >= 4 is 46.0 Å². The zero-order chi connectivity index (χ0) is 43.1. The number of pyridine rings is 1. The number of nitrogens with one attached hydrogen (secondary N) is 2. The van der Waals surface area contributed by atoms with Crippen molar-refractivity contribution in [3.8, 4) is 11.8 Å². The Balaban J connectivity index is 0.698. The summed E-state index contributed by atoms with van der Waals surface area (Å²) in [7, 11) is 0. The van der Waals surface area contributed by atoms with Crippen LogP contribution in [0.5, 0.6) is 5.75 Å². The van der Waals surface area contributed by atoms with Crippen LogP contribution in [0, 0.1) is 22.7 Å². The molecule has 2 aromatic carbocycles. The molecule has 0 bridgehead atoms. The van der Waals surface area contributed by atoms with Gasteiger partial charge < -0.3 is 25.0 Å². The van der Waals surface area contributed by atoms with Gasteiger partial charge in [-0.2, -0.15) is 5.26 Å². The Bertz CT molecular complexity index is 2540. The van der Waals surface area contributed by atoms with E-state index in [1.165, 1.54) is 4.90 Å². The second-order valence-electron chi connectivity index (χ2n) is 18.5. The topological polar surface area (TPSA) is 197 Å². The second-order valence-corrected chi connectivity index (χ2v) is 18.5. The van der Waals surface area contributed by atoms with Gasteiger partial charge in [0.15, 0.2) is 17.7 Å². The maximum Gasteiger partial charge on any atom is 0.272 e. The van der Waals surface area contributed by atoms with E-state index in [2.05, 4.69) is 67.4 Å². The monoisotopic (exact) mass is 838 g/mol. The first-order valence-corrected chi connectivity index (χ1v) is 21.7. The standard InChI is InChI=1S/C46H50N10O6/c1-45(2)43(46(3)31-12-16-48-38-27(25-47)4-9-34(37(31)38)62-44(45)46)50-39(58)32-7-10-35(52-51-32)55-18-14-26(15-19-55)13-17-53-20-22-54(23-21-53)28-5-6-29-30(24-28)42(61)56(41(29)60)33-8-11-36(57)49-40(33)59/h4-7,9-10,12,16,24,26,33,42-44,61H,8,11,13-15,17-23H2,1-3H3,(H,50,58)(H,49,57,59)/t33?,42?,43?,44-,46?/m0/s1. The number of aliphatic hydroxyl groups is 1. The van der Waals surface area contributed by atoms with Crippen LogP contribution in [0.15, 0.2) is 54.7 Å². The van der Waals surface area contributed by atoms with E-state index in [1.807, 2.05) is 30.3 Å². The molecule has 1 aliphatic carbocycles. The Morgan fingerprint density at radius 2 is 1.76 bits per heavy atom. The number of carbonyl (C=O) groups excluding carboxylic acids is 4. The summed E-state index contributed by atoms with van der Waals surface area (Å²) in [5, 5.41) is 36.1. The number of hydrogen-bond donors (Lipinski definition) is 3. The van der Waals surface area contributed by atoms with Crippen molar-refractivity contribution in [2.75, 3.05) is 55.6 Å². The van der Waals surface area contributed by atoms with Gasteiger partial charge >= 0.3 is 0 Å². The number of piperidine rings is 2. The number of ether oxygens (including phenoxy) is 1. The first-order valence-electron chi connectivity index (χ1n) is 21.7. The van der Waals surface area contributed by atoms with Crippen molar-refractivity contribution in [1.82, 2.24) is 35.6 Å². The molecular formula is C46H50N10O6. The molecule has 5 atom stereocenters. The van der Waals surface area contributed by atoms with Crippen molar-refractivity contribution in [2.45, 2.75) is 82.7 Å². The molecule has 320 valence electrons. The molecule has 1 saturated carbocycles. The molecule has 16 nitrogen and oxygen atoms in total. The number of aromatic nitrogens is 3. The number of rotatable bonds is 8. The lowest BCUT2D eigenvalue weighted by Gasteiger charge is -2.66. The van der Waals surface area contributed by atoms with E-state index in [0.29, 0.717) is 33.9 Å². The zero-order valence-corrected chi connectivity index (χ0v) is 35.1. The van der Waals surface area contributed by atoms with Crippen LogP contribution < -0.4 is 25.2 Å². The molecule has 0 spiro atoms. The van der Waals surface area contributed by atoms with Crippen LogP contribution in [-0.2, 0) is 15.0 Å². The van der Waals surface area contributed by atoms with Crippen LogP contribution in [0.4, 0.5) is 11.5 Å². The van der Waals surface area contributed by atoms with Gasteiger partial charge in [0.1, 0.15) is 24.0 Å². The maximum absolute atomic E-state index is 13.7. The molecular weight excluding hydrogens is 789 g/mol. The van der Waals surface area contributed by atoms with E-state index < -0.39 is 29.5 Å². The van der Waals surface area contributed by atoms with Crippen molar-refractivity contribution in [3.05, 3.63) is 82.7 Å². The predicted molar refractivity (Wildman–Crippen MR) is 227 cm³/mol. The second kappa shape index (κ2) is 15.0. The van der Waals surface area contributed by atoms with E-state index in [4.69, 9.17) is 4.74 Å². The van der Waals surface area contributed by atoms with Crippen LogP contribution in [0.3, 0.4) is 0 Å². The Morgan fingerprint density at radius 3 is 2.48 bits per heavy atom. The van der Waals surface area contributed by atoms with Gasteiger partial charge in [0.05, 0.1) is 22.5 Å². The van der Waals surface area contributed by atoms with Gasteiger partial charge in [0, 0.05) is 79.5 Å². The van der Waals surface area contributed by atoms with E-state index in [1.54, 1.807) is 24.4 Å². The molecule has 7 heterocycles. The van der Waals surface area contributed by atoms with Crippen molar-refractivity contribution < 1.29 is 29.0 Å². The van der Waals surface area contributed by atoms with Gasteiger partial charge in [0.2, 0.25) is 11.8 Å². The molecule has 3 saturated heterocycles. The minimum absolute atomic E-state index is 0.129. The fraction of sp³-hybridized carbons (Fsp3) is 0.478. The summed E-state index contributed by atoms with van der Waals surface area (Å²) in [5.74, 6) is 0.484. The smallest absolute Gasteiger partial charge is 0.272 e. The highest BCUT2D eigenvalue weighted by Gasteiger charge is 2.69. The number of fused-ring (bicyclic) bond motifs is 3. The summed E-state index contributed by atoms with van der Waals surface area (Å²) in [6, 6.07) is 15.8. The number of aliphatic hydroxyl groups excluding tert-OH is 1. The molecule has 3 N–H and O–H groups in total. The fourth-order valence-corrected chi connectivity index (χ4v) is 11.3. The molecule has 0 radical (unpaired) electrons. The van der Waals surface area contributed by atoms with E-state index in [0.717, 1.165) is 87.5 Å².